The highest BCUT2D eigenvalue weighted by Gasteiger charge is 2.15. The SMILES string of the molecule is C=CCN(CC(=O)O)C(=O)NC(C)C. The second-order valence-electron chi connectivity index (χ2n) is 3.17. The van der Waals surface area contributed by atoms with Crippen molar-refractivity contribution in [3.8, 4) is 0 Å². The fourth-order valence-corrected chi connectivity index (χ4v) is 0.877. The molecule has 2 amide bonds. The van der Waals surface area contributed by atoms with Crippen molar-refractivity contribution < 1.29 is 14.7 Å². The molecule has 0 aromatic carbocycles. The predicted octanol–water partition coefficient (Wildman–Crippen LogP) is 0.677. The number of hydrogen-bond acceptors (Lipinski definition) is 2. The Kier molecular flexibility index (Phi) is 5.36. The van der Waals surface area contributed by atoms with E-state index in [1.165, 1.54) is 11.0 Å². The molecule has 14 heavy (non-hydrogen) atoms. The summed E-state index contributed by atoms with van der Waals surface area (Å²) < 4.78 is 0. The molecular formula is C9H16N2O3. The van der Waals surface area contributed by atoms with Crippen LogP contribution in [0.2, 0.25) is 0 Å². The van der Waals surface area contributed by atoms with Crippen LogP contribution in [0.15, 0.2) is 12.7 Å². The topological polar surface area (TPSA) is 69.6 Å². The van der Waals surface area contributed by atoms with Gasteiger partial charge in [-0.05, 0) is 13.8 Å². The Hall–Kier alpha value is -1.52. The number of carboxylic acids is 1. The molecule has 0 aliphatic rings. The minimum Gasteiger partial charge on any atom is -0.480 e. The average Bonchev–Trinajstić information content (AvgIpc) is 2.01. The van der Waals surface area contributed by atoms with E-state index in [1.54, 1.807) is 0 Å². The predicted molar refractivity (Wildman–Crippen MR) is 53.1 cm³/mol. The molecule has 0 rings (SSSR count). The number of carbonyl (C=O) groups is 2. The molecule has 0 fully saturated rings. The summed E-state index contributed by atoms with van der Waals surface area (Å²) in [4.78, 5) is 23.0. The normalized spacial score (nSPS) is 9.64. The zero-order valence-corrected chi connectivity index (χ0v) is 8.49. The zero-order valence-electron chi connectivity index (χ0n) is 8.49. The van der Waals surface area contributed by atoms with Gasteiger partial charge in [-0.15, -0.1) is 6.58 Å². The third kappa shape index (κ3) is 5.18. The van der Waals surface area contributed by atoms with Crippen LogP contribution in [0, 0.1) is 0 Å². The molecule has 0 saturated heterocycles. The van der Waals surface area contributed by atoms with Crippen molar-refractivity contribution in [2.45, 2.75) is 19.9 Å². The summed E-state index contributed by atoms with van der Waals surface area (Å²) in [6, 6.07) is -0.397. The molecule has 0 atom stereocenters. The molecule has 0 radical (unpaired) electrons. The summed E-state index contributed by atoms with van der Waals surface area (Å²) in [6.07, 6.45) is 1.49. The molecule has 5 heteroatoms. The summed E-state index contributed by atoms with van der Waals surface area (Å²) in [6.45, 7) is 6.99. The molecule has 0 aliphatic carbocycles. The van der Waals surface area contributed by atoms with Crippen molar-refractivity contribution in [2.75, 3.05) is 13.1 Å². The number of carbonyl (C=O) groups excluding carboxylic acids is 1. The smallest absolute Gasteiger partial charge is 0.323 e. The Balaban J connectivity index is 4.24. The number of aliphatic carboxylic acids is 1. The molecule has 5 nitrogen and oxygen atoms in total. The largest absolute Gasteiger partial charge is 0.480 e. The Labute approximate surface area is 83.4 Å². The van der Waals surface area contributed by atoms with Gasteiger partial charge in [0.2, 0.25) is 0 Å². The molecule has 0 aliphatic heterocycles. The molecule has 0 unspecified atom stereocenters. The number of hydrogen-bond donors (Lipinski definition) is 2. The van der Waals surface area contributed by atoms with Crippen LogP contribution in [-0.2, 0) is 4.79 Å². The molecular weight excluding hydrogens is 184 g/mol. The van der Waals surface area contributed by atoms with E-state index >= 15 is 0 Å². The van der Waals surface area contributed by atoms with Gasteiger partial charge in [-0.25, -0.2) is 4.79 Å². The van der Waals surface area contributed by atoms with Gasteiger partial charge in [0, 0.05) is 12.6 Å². The van der Waals surface area contributed by atoms with Gasteiger partial charge in [0.25, 0.3) is 0 Å². The minimum atomic E-state index is -1.04. The van der Waals surface area contributed by atoms with Gasteiger partial charge < -0.3 is 15.3 Å². The molecule has 0 bridgehead atoms. The van der Waals surface area contributed by atoms with Gasteiger partial charge >= 0.3 is 12.0 Å². The fraction of sp³-hybridized carbons (Fsp3) is 0.556. The summed E-state index contributed by atoms with van der Waals surface area (Å²) in [5.74, 6) is -1.04. The monoisotopic (exact) mass is 200 g/mol. The molecule has 0 aromatic heterocycles. The minimum absolute atomic E-state index is 0.0105. The van der Waals surface area contributed by atoms with Crippen LogP contribution in [0.4, 0.5) is 4.79 Å². The Morgan fingerprint density at radius 1 is 1.57 bits per heavy atom. The first-order valence-corrected chi connectivity index (χ1v) is 4.35. The van der Waals surface area contributed by atoms with Crippen molar-refractivity contribution >= 4 is 12.0 Å². The van der Waals surface area contributed by atoms with Crippen LogP contribution in [-0.4, -0.2) is 41.1 Å². The summed E-state index contributed by atoms with van der Waals surface area (Å²) >= 11 is 0. The quantitative estimate of drug-likeness (QED) is 0.641. The van der Waals surface area contributed by atoms with Gasteiger partial charge in [-0.3, -0.25) is 4.79 Å². The Bertz CT molecular complexity index is 226. The fourth-order valence-electron chi connectivity index (χ4n) is 0.877. The number of nitrogens with one attached hydrogen (secondary N) is 1. The van der Waals surface area contributed by atoms with Gasteiger partial charge in [0.05, 0.1) is 0 Å². The van der Waals surface area contributed by atoms with Crippen molar-refractivity contribution in [3.63, 3.8) is 0 Å². The summed E-state index contributed by atoms with van der Waals surface area (Å²) in [5, 5.41) is 11.1. The van der Waals surface area contributed by atoms with E-state index < -0.39 is 5.97 Å². The van der Waals surface area contributed by atoms with Crippen LogP contribution in [0.25, 0.3) is 0 Å². The average molecular weight is 200 g/mol. The first kappa shape index (κ1) is 12.5. The second kappa shape index (κ2) is 6.01. The molecule has 0 spiro atoms. The van der Waals surface area contributed by atoms with Crippen molar-refractivity contribution in [3.05, 3.63) is 12.7 Å². The van der Waals surface area contributed by atoms with Gasteiger partial charge in [0.1, 0.15) is 6.54 Å². The third-order valence-electron chi connectivity index (χ3n) is 1.37. The van der Waals surface area contributed by atoms with E-state index in [0.29, 0.717) is 0 Å². The number of rotatable bonds is 5. The number of nitrogens with zero attached hydrogens (tertiary/aromatic N) is 1. The lowest BCUT2D eigenvalue weighted by Crippen LogP contribution is -2.45. The van der Waals surface area contributed by atoms with Gasteiger partial charge in [-0.1, -0.05) is 6.08 Å². The second-order valence-corrected chi connectivity index (χ2v) is 3.17. The van der Waals surface area contributed by atoms with Crippen LogP contribution in [0.5, 0.6) is 0 Å². The maximum atomic E-state index is 11.4. The van der Waals surface area contributed by atoms with Crippen LogP contribution < -0.4 is 5.32 Å². The van der Waals surface area contributed by atoms with E-state index in [-0.39, 0.29) is 25.2 Å². The van der Waals surface area contributed by atoms with Crippen molar-refractivity contribution in [1.29, 1.82) is 0 Å². The van der Waals surface area contributed by atoms with Gasteiger partial charge in [0.15, 0.2) is 0 Å². The molecule has 0 aromatic rings. The molecule has 0 saturated carbocycles. The first-order chi connectivity index (χ1) is 6.47. The van der Waals surface area contributed by atoms with E-state index in [1.807, 2.05) is 13.8 Å². The van der Waals surface area contributed by atoms with Crippen LogP contribution in [0.3, 0.4) is 0 Å². The Morgan fingerprint density at radius 2 is 2.14 bits per heavy atom. The lowest BCUT2D eigenvalue weighted by Gasteiger charge is -2.20. The van der Waals surface area contributed by atoms with E-state index in [9.17, 15) is 9.59 Å². The Morgan fingerprint density at radius 3 is 2.50 bits per heavy atom. The summed E-state index contributed by atoms with van der Waals surface area (Å²) in [5.41, 5.74) is 0. The van der Waals surface area contributed by atoms with E-state index in [2.05, 4.69) is 11.9 Å². The highest BCUT2D eigenvalue weighted by Crippen LogP contribution is 1.91. The lowest BCUT2D eigenvalue weighted by atomic mass is 10.4. The number of amides is 2. The van der Waals surface area contributed by atoms with Crippen molar-refractivity contribution in [2.24, 2.45) is 0 Å². The van der Waals surface area contributed by atoms with Crippen molar-refractivity contribution in [1.82, 2.24) is 10.2 Å². The van der Waals surface area contributed by atoms with E-state index in [0.717, 1.165) is 0 Å². The number of urea groups is 1. The van der Waals surface area contributed by atoms with E-state index in [4.69, 9.17) is 5.11 Å². The maximum Gasteiger partial charge on any atom is 0.323 e. The molecule has 0 heterocycles. The first-order valence-electron chi connectivity index (χ1n) is 4.35. The lowest BCUT2D eigenvalue weighted by molar-refractivity contribution is -0.137. The van der Waals surface area contributed by atoms with Gasteiger partial charge in [-0.2, -0.15) is 0 Å². The van der Waals surface area contributed by atoms with Crippen LogP contribution >= 0.6 is 0 Å². The molecule has 80 valence electrons. The number of carboxylic acid groups (broad SMARTS) is 1. The molecule has 2 N–H and O–H groups in total. The third-order valence-corrected chi connectivity index (χ3v) is 1.37. The highest BCUT2D eigenvalue weighted by molar-refractivity contribution is 5.80. The maximum absolute atomic E-state index is 11.4. The summed E-state index contributed by atoms with van der Waals surface area (Å²) in [7, 11) is 0. The standard InChI is InChI=1S/C9H16N2O3/c1-4-5-11(6-8(12)13)9(14)10-7(2)3/h4,7H,1,5-6H2,2-3H3,(H,10,14)(H,12,13). The zero-order chi connectivity index (χ0) is 11.1. The highest BCUT2D eigenvalue weighted by atomic mass is 16.4. The van der Waals surface area contributed by atoms with Crippen LogP contribution in [0.1, 0.15) is 13.8 Å².